The van der Waals surface area contributed by atoms with Crippen LogP contribution < -0.4 is 15.8 Å². The summed E-state index contributed by atoms with van der Waals surface area (Å²) >= 11 is 0. The third kappa shape index (κ3) is 4.56. The Morgan fingerprint density at radius 3 is 2.67 bits per heavy atom. The van der Waals surface area contributed by atoms with Crippen molar-refractivity contribution in [1.29, 1.82) is 0 Å². The van der Waals surface area contributed by atoms with Gasteiger partial charge in [-0.05, 0) is 32.2 Å². The van der Waals surface area contributed by atoms with E-state index in [1.54, 1.807) is 10.7 Å². The second kappa shape index (κ2) is 8.17. The van der Waals surface area contributed by atoms with E-state index in [2.05, 4.69) is 29.2 Å². The standard InChI is InChI=1S/C16H28N4O/c1-3-7-14(17-8-4-2)13-20-16(21)11-15(12-18-20)19-9-5-6-10-19/h11-12,14,17H,3-10,13H2,1-2H3. The van der Waals surface area contributed by atoms with Crippen molar-refractivity contribution in [3.8, 4) is 0 Å². The van der Waals surface area contributed by atoms with Gasteiger partial charge in [-0.1, -0.05) is 20.3 Å². The fraction of sp³-hybridized carbons (Fsp3) is 0.750. The molecule has 5 heteroatoms. The van der Waals surface area contributed by atoms with E-state index in [0.29, 0.717) is 12.6 Å². The largest absolute Gasteiger partial charge is 0.370 e. The summed E-state index contributed by atoms with van der Waals surface area (Å²) in [6, 6.07) is 2.07. The summed E-state index contributed by atoms with van der Waals surface area (Å²) in [6.45, 7) is 8.07. The van der Waals surface area contributed by atoms with E-state index in [1.807, 2.05) is 6.20 Å². The Hall–Kier alpha value is -1.36. The van der Waals surface area contributed by atoms with E-state index in [0.717, 1.165) is 44.6 Å². The highest BCUT2D eigenvalue weighted by atomic mass is 16.1. The van der Waals surface area contributed by atoms with Crippen LogP contribution in [0.3, 0.4) is 0 Å². The molecule has 1 unspecified atom stereocenters. The maximum absolute atomic E-state index is 12.3. The first kappa shape index (κ1) is 16.0. The van der Waals surface area contributed by atoms with E-state index in [1.165, 1.54) is 12.8 Å². The number of hydrogen-bond donors (Lipinski definition) is 1. The summed E-state index contributed by atoms with van der Waals surface area (Å²) in [5.41, 5.74) is 0.987. The van der Waals surface area contributed by atoms with Crippen LogP contribution in [0.25, 0.3) is 0 Å². The van der Waals surface area contributed by atoms with Gasteiger partial charge in [-0.3, -0.25) is 4.79 Å². The quantitative estimate of drug-likeness (QED) is 0.796. The van der Waals surface area contributed by atoms with Crippen LogP contribution in [0.5, 0.6) is 0 Å². The van der Waals surface area contributed by atoms with Crippen LogP contribution >= 0.6 is 0 Å². The van der Waals surface area contributed by atoms with Gasteiger partial charge in [0, 0.05) is 25.2 Å². The molecule has 1 aliphatic heterocycles. The van der Waals surface area contributed by atoms with E-state index < -0.39 is 0 Å². The van der Waals surface area contributed by atoms with E-state index >= 15 is 0 Å². The minimum Gasteiger partial charge on any atom is -0.370 e. The van der Waals surface area contributed by atoms with Gasteiger partial charge in [0.05, 0.1) is 18.4 Å². The number of nitrogens with one attached hydrogen (secondary N) is 1. The van der Waals surface area contributed by atoms with Gasteiger partial charge in [0.15, 0.2) is 0 Å². The number of nitrogens with zero attached hydrogens (tertiary/aromatic N) is 3. The molecule has 5 nitrogen and oxygen atoms in total. The van der Waals surface area contributed by atoms with Crippen molar-refractivity contribution >= 4 is 5.69 Å². The topological polar surface area (TPSA) is 50.2 Å². The summed E-state index contributed by atoms with van der Waals surface area (Å²) in [5.74, 6) is 0. The molecule has 0 amide bonds. The normalized spacial score (nSPS) is 16.4. The molecule has 1 aromatic heterocycles. The molecule has 0 aliphatic carbocycles. The third-order valence-electron chi connectivity index (χ3n) is 4.04. The lowest BCUT2D eigenvalue weighted by Crippen LogP contribution is -2.38. The van der Waals surface area contributed by atoms with Crippen molar-refractivity contribution in [2.75, 3.05) is 24.5 Å². The molecule has 0 spiro atoms. The molecule has 118 valence electrons. The smallest absolute Gasteiger partial charge is 0.268 e. The maximum Gasteiger partial charge on any atom is 0.268 e. The van der Waals surface area contributed by atoms with Crippen molar-refractivity contribution in [3.05, 3.63) is 22.6 Å². The molecule has 1 saturated heterocycles. The molecular weight excluding hydrogens is 264 g/mol. The van der Waals surface area contributed by atoms with Gasteiger partial charge in [0.1, 0.15) is 0 Å². The van der Waals surface area contributed by atoms with Gasteiger partial charge in [-0.15, -0.1) is 0 Å². The molecule has 1 atom stereocenters. The molecule has 0 saturated carbocycles. The van der Waals surface area contributed by atoms with Crippen molar-refractivity contribution in [2.24, 2.45) is 0 Å². The second-order valence-corrected chi connectivity index (χ2v) is 5.87. The van der Waals surface area contributed by atoms with Gasteiger partial charge in [-0.25, -0.2) is 4.68 Å². The number of hydrogen-bond acceptors (Lipinski definition) is 4. The Labute approximate surface area is 127 Å². The molecule has 0 aromatic carbocycles. The minimum absolute atomic E-state index is 0.0128. The zero-order chi connectivity index (χ0) is 15.1. The Kier molecular flexibility index (Phi) is 6.23. The average Bonchev–Trinajstić information content (AvgIpc) is 3.01. The molecule has 1 aliphatic rings. The van der Waals surface area contributed by atoms with Crippen LogP contribution in [-0.2, 0) is 6.54 Å². The van der Waals surface area contributed by atoms with Crippen LogP contribution in [0.1, 0.15) is 46.0 Å². The van der Waals surface area contributed by atoms with E-state index in [-0.39, 0.29) is 5.56 Å². The fourth-order valence-electron chi connectivity index (χ4n) is 2.87. The summed E-state index contributed by atoms with van der Waals surface area (Å²) in [4.78, 5) is 14.5. The summed E-state index contributed by atoms with van der Waals surface area (Å²) in [6.07, 6.45) is 7.56. The highest BCUT2D eigenvalue weighted by Crippen LogP contribution is 2.16. The SMILES string of the molecule is CCCNC(CCC)Cn1ncc(N2CCCC2)cc1=O. The molecule has 1 fully saturated rings. The van der Waals surface area contributed by atoms with Gasteiger partial charge >= 0.3 is 0 Å². The van der Waals surface area contributed by atoms with Gasteiger partial charge in [0.25, 0.3) is 5.56 Å². The van der Waals surface area contributed by atoms with Crippen molar-refractivity contribution < 1.29 is 0 Å². The molecule has 0 bridgehead atoms. The Balaban J connectivity index is 2.03. The van der Waals surface area contributed by atoms with Crippen molar-refractivity contribution in [1.82, 2.24) is 15.1 Å². The van der Waals surface area contributed by atoms with Crippen LogP contribution in [-0.4, -0.2) is 35.5 Å². The zero-order valence-electron chi connectivity index (χ0n) is 13.3. The lowest BCUT2D eigenvalue weighted by atomic mass is 10.1. The number of aromatic nitrogens is 2. The molecule has 1 N–H and O–H groups in total. The van der Waals surface area contributed by atoms with Crippen LogP contribution in [0.15, 0.2) is 17.1 Å². The average molecular weight is 292 g/mol. The third-order valence-corrected chi connectivity index (χ3v) is 4.04. The lowest BCUT2D eigenvalue weighted by Gasteiger charge is -2.20. The Morgan fingerprint density at radius 1 is 1.29 bits per heavy atom. The molecule has 2 rings (SSSR count). The van der Waals surface area contributed by atoms with E-state index in [4.69, 9.17) is 0 Å². The van der Waals surface area contributed by atoms with Gasteiger partial charge < -0.3 is 10.2 Å². The number of rotatable bonds is 8. The van der Waals surface area contributed by atoms with Gasteiger partial charge in [0.2, 0.25) is 0 Å². The Bertz CT molecular complexity index is 479. The van der Waals surface area contributed by atoms with Crippen LogP contribution in [0.2, 0.25) is 0 Å². The van der Waals surface area contributed by atoms with Crippen LogP contribution in [0, 0.1) is 0 Å². The lowest BCUT2D eigenvalue weighted by molar-refractivity contribution is 0.392. The van der Waals surface area contributed by atoms with Crippen molar-refractivity contribution in [2.45, 2.75) is 58.5 Å². The Morgan fingerprint density at radius 2 is 2.05 bits per heavy atom. The highest BCUT2D eigenvalue weighted by molar-refractivity contribution is 5.43. The first-order valence-electron chi connectivity index (χ1n) is 8.30. The van der Waals surface area contributed by atoms with E-state index in [9.17, 15) is 4.79 Å². The first-order valence-corrected chi connectivity index (χ1v) is 8.30. The zero-order valence-corrected chi connectivity index (χ0v) is 13.3. The summed E-state index contributed by atoms with van der Waals surface area (Å²) < 4.78 is 1.60. The molecule has 21 heavy (non-hydrogen) atoms. The summed E-state index contributed by atoms with van der Waals surface area (Å²) in [5, 5.41) is 7.88. The number of anilines is 1. The maximum atomic E-state index is 12.3. The minimum atomic E-state index is 0.0128. The second-order valence-electron chi connectivity index (χ2n) is 5.87. The fourth-order valence-corrected chi connectivity index (χ4v) is 2.87. The summed E-state index contributed by atoms with van der Waals surface area (Å²) in [7, 11) is 0. The highest BCUT2D eigenvalue weighted by Gasteiger charge is 2.15. The molecular formula is C16H28N4O. The molecule has 0 radical (unpaired) electrons. The molecule has 1 aromatic rings. The van der Waals surface area contributed by atoms with Crippen LogP contribution in [0.4, 0.5) is 5.69 Å². The first-order chi connectivity index (χ1) is 10.2. The predicted molar refractivity (Wildman–Crippen MR) is 86.9 cm³/mol. The predicted octanol–water partition coefficient (Wildman–Crippen LogP) is 2.01. The van der Waals surface area contributed by atoms with Crippen molar-refractivity contribution in [3.63, 3.8) is 0 Å². The monoisotopic (exact) mass is 292 g/mol. The molecule has 2 heterocycles. The van der Waals surface area contributed by atoms with Gasteiger partial charge in [-0.2, -0.15) is 5.10 Å².